The van der Waals surface area contributed by atoms with Crippen molar-refractivity contribution in [2.24, 2.45) is 0 Å². The molecule has 0 aliphatic rings. The van der Waals surface area contributed by atoms with Crippen LogP contribution in [0.25, 0.3) is 0 Å². The molecule has 0 radical (unpaired) electrons. The second-order valence-corrected chi connectivity index (χ2v) is 4.59. The Bertz CT molecular complexity index is 706. The third-order valence-electron chi connectivity index (χ3n) is 2.61. The molecule has 2 aromatic rings. The van der Waals surface area contributed by atoms with Crippen molar-refractivity contribution in [1.82, 2.24) is 0 Å². The molecule has 2 rings (SSSR count). The van der Waals surface area contributed by atoms with Gasteiger partial charge in [-0.1, -0.05) is 11.6 Å². The number of carbonyl (C=O) groups excluding carboxylic acids is 1. The van der Waals surface area contributed by atoms with Crippen LogP contribution >= 0.6 is 11.6 Å². The van der Waals surface area contributed by atoms with Crippen molar-refractivity contribution in [3.63, 3.8) is 0 Å². The Labute approximate surface area is 129 Å². The monoisotopic (exact) mass is 324 g/mol. The van der Waals surface area contributed by atoms with E-state index in [0.717, 1.165) is 0 Å². The summed E-state index contributed by atoms with van der Waals surface area (Å²) in [6, 6.07) is 9.82. The standard InChI is InChI=1S/C14H10ClFN2O4/c15-12-6-1-9(17-14(19)8-16)7-13(12)22-11-4-2-10(3-5-11)18(20)21/h1-7H,8H2,(H,17,19). The molecule has 0 saturated carbocycles. The largest absolute Gasteiger partial charge is 0.456 e. The second kappa shape index (κ2) is 6.86. The average Bonchev–Trinajstić information content (AvgIpc) is 2.51. The molecule has 8 heteroatoms. The predicted molar refractivity (Wildman–Crippen MR) is 79.2 cm³/mol. The van der Waals surface area contributed by atoms with Gasteiger partial charge in [0.1, 0.15) is 11.5 Å². The molecule has 0 atom stereocenters. The number of rotatable bonds is 5. The number of benzene rings is 2. The van der Waals surface area contributed by atoms with E-state index < -0.39 is 17.5 Å². The van der Waals surface area contributed by atoms with Crippen molar-refractivity contribution in [3.8, 4) is 11.5 Å². The Kier molecular flexibility index (Phi) is 4.90. The lowest BCUT2D eigenvalue weighted by Gasteiger charge is -2.10. The van der Waals surface area contributed by atoms with Gasteiger partial charge in [0, 0.05) is 23.9 Å². The minimum Gasteiger partial charge on any atom is -0.456 e. The number of hydrogen-bond acceptors (Lipinski definition) is 4. The van der Waals surface area contributed by atoms with Gasteiger partial charge >= 0.3 is 0 Å². The minimum atomic E-state index is -1.14. The van der Waals surface area contributed by atoms with Gasteiger partial charge in [0.05, 0.1) is 9.95 Å². The van der Waals surface area contributed by atoms with E-state index in [1.54, 1.807) is 0 Å². The maximum Gasteiger partial charge on any atom is 0.269 e. The first-order valence-electron chi connectivity index (χ1n) is 6.07. The first kappa shape index (κ1) is 15.7. The minimum absolute atomic E-state index is 0.0672. The van der Waals surface area contributed by atoms with Crippen LogP contribution in [0.1, 0.15) is 0 Å². The van der Waals surface area contributed by atoms with E-state index in [-0.39, 0.29) is 16.5 Å². The Morgan fingerprint density at radius 3 is 2.55 bits per heavy atom. The van der Waals surface area contributed by atoms with Gasteiger partial charge in [-0.05, 0) is 24.3 Å². The SMILES string of the molecule is O=C(CF)Nc1ccc(Cl)c(Oc2ccc([N+](=O)[O-])cc2)c1. The van der Waals surface area contributed by atoms with Crippen molar-refractivity contribution >= 4 is 28.9 Å². The molecule has 1 N–H and O–H groups in total. The highest BCUT2D eigenvalue weighted by Gasteiger charge is 2.09. The van der Waals surface area contributed by atoms with E-state index in [2.05, 4.69) is 5.32 Å². The molecule has 0 unspecified atom stereocenters. The smallest absolute Gasteiger partial charge is 0.269 e. The third-order valence-corrected chi connectivity index (χ3v) is 2.92. The van der Waals surface area contributed by atoms with Crippen molar-refractivity contribution in [2.75, 3.05) is 12.0 Å². The van der Waals surface area contributed by atoms with Gasteiger partial charge in [0.2, 0.25) is 0 Å². The summed E-state index contributed by atoms with van der Waals surface area (Å²) < 4.78 is 17.7. The second-order valence-electron chi connectivity index (χ2n) is 4.18. The van der Waals surface area contributed by atoms with Gasteiger partial charge in [-0.25, -0.2) is 4.39 Å². The molecule has 0 aliphatic heterocycles. The Morgan fingerprint density at radius 1 is 1.27 bits per heavy atom. The van der Waals surface area contributed by atoms with Gasteiger partial charge < -0.3 is 10.1 Å². The first-order valence-corrected chi connectivity index (χ1v) is 6.45. The number of nitro benzene ring substituents is 1. The zero-order valence-corrected chi connectivity index (χ0v) is 11.8. The predicted octanol–water partition coefficient (Wildman–Crippen LogP) is 3.95. The number of non-ortho nitro benzene ring substituents is 1. The summed E-state index contributed by atoms with van der Waals surface area (Å²) in [5.41, 5.74) is 0.256. The van der Waals surface area contributed by atoms with Crippen molar-refractivity contribution in [3.05, 3.63) is 57.6 Å². The van der Waals surface area contributed by atoms with E-state index in [1.165, 1.54) is 42.5 Å². The number of halogens is 2. The maximum atomic E-state index is 12.2. The van der Waals surface area contributed by atoms with Gasteiger partial charge in [0.15, 0.2) is 6.67 Å². The fourth-order valence-electron chi connectivity index (χ4n) is 1.62. The number of amides is 1. The molecule has 0 aromatic heterocycles. The van der Waals surface area contributed by atoms with E-state index in [9.17, 15) is 19.3 Å². The van der Waals surface area contributed by atoms with Gasteiger partial charge in [-0.3, -0.25) is 14.9 Å². The van der Waals surface area contributed by atoms with Crippen LogP contribution in [0, 0.1) is 10.1 Å². The number of ether oxygens (including phenoxy) is 1. The molecule has 2 aromatic carbocycles. The van der Waals surface area contributed by atoms with E-state index >= 15 is 0 Å². The Balaban J connectivity index is 2.19. The van der Waals surface area contributed by atoms with E-state index in [1.807, 2.05) is 0 Å². The first-order chi connectivity index (χ1) is 10.5. The Hall–Kier alpha value is -2.67. The Morgan fingerprint density at radius 2 is 1.95 bits per heavy atom. The molecule has 0 bridgehead atoms. The van der Waals surface area contributed by atoms with Crippen molar-refractivity contribution in [1.29, 1.82) is 0 Å². The van der Waals surface area contributed by atoms with E-state index in [4.69, 9.17) is 16.3 Å². The van der Waals surface area contributed by atoms with Crippen LogP contribution < -0.4 is 10.1 Å². The molecule has 0 saturated heterocycles. The van der Waals surface area contributed by atoms with Crippen LogP contribution in [-0.4, -0.2) is 17.5 Å². The third kappa shape index (κ3) is 3.92. The summed E-state index contributed by atoms with van der Waals surface area (Å²) in [4.78, 5) is 21.1. The van der Waals surface area contributed by atoms with Crippen LogP contribution in [-0.2, 0) is 4.79 Å². The van der Waals surface area contributed by atoms with Gasteiger partial charge in [0.25, 0.3) is 11.6 Å². The fraction of sp³-hybridized carbons (Fsp3) is 0.0714. The molecule has 0 spiro atoms. The van der Waals surface area contributed by atoms with Gasteiger partial charge in [-0.15, -0.1) is 0 Å². The van der Waals surface area contributed by atoms with Gasteiger partial charge in [-0.2, -0.15) is 0 Å². The lowest BCUT2D eigenvalue weighted by Crippen LogP contribution is -2.12. The number of nitrogens with zero attached hydrogens (tertiary/aromatic N) is 1. The molecule has 1 amide bonds. The molecular weight excluding hydrogens is 315 g/mol. The maximum absolute atomic E-state index is 12.2. The van der Waals surface area contributed by atoms with E-state index in [0.29, 0.717) is 11.4 Å². The highest BCUT2D eigenvalue weighted by molar-refractivity contribution is 6.32. The number of hydrogen-bond donors (Lipinski definition) is 1. The summed E-state index contributed by atoms with van der Waals surface area (Å²) in [7, 11) is 0. The summed E-state index contributed by atoms with van der Waals surface area (Å²) >= 11 is 5.98. The lowest BCUT2D eigenvalue weighted by atomic mass is 10.3. The van der Waals surface area contributed by atoms with Crippen LogP contribution in [0.2, 0.25) is 5.02 Å². The zero-order chi connectivity index (χ0) is 16.1. The summed E-state index contributed by atoms with van der Waals surface area (Å²) in [5, 5.41) is 13.2. The summed E-state index contributed by atoms with van der Waals surface area (Å²) in [6.45, 7) is -1.14. The van der Waals surface area contributed by atoms with Crippen LogP contribution in [0.5, 0.6) is 11.5 Å². The molecular formula is C14H10ClFN2O4. The number of nitro groups is 1. The normalized spacial score (nSPS) is 10.1. The van der Waals surface area contributed by atoms with Crippen LogP contribution in [0.3, 0.4) is 0 Å². The average molecular weight is 325 g/mol. The quantitative estimate of drug-likeness (QED) is 0.667. The lowest BCUT2D eigenvalue weighted by molar-refractivity contribution is -0.384. The van der Waals surface area contributed by atoms with Crippen LogP contribution in [0.4, 0.5) is 15.8 Å². The zero-order valence-electron chi connectivity index (χ0n) is 11.1. The van der Waals surface area contributed by atoms with Crippen molar-refractivity contribution < 1.29 is 18.8 Å². The molecule has 0 fully saturated rings. The number of carbonyl (C=O) groups is 1. The number of alkyl halides is 1. The highest BCUT2D eigenvalue weighted by atomic mass is 35.5. The molecule has 0 heterocycles. The fourth-order valence-corrected chi connectivity index (χ4v) is 1.77. The van der Waals surface area contributed by atoms with Crippen molar-refractivity contribution in [2.45, 2.75) is 0 Å². The molecule has 22 heavy (non-hydrogen) atoms. The number of anilines is 1. The molecule has 6 nitrogen and oxygen atoms in total. The molecule has 0 aliphatic carbocycles. The number of nitrogens with one attached hydrogen (secondary N) is 1. The molecule has 114 valence electrons. The summed E-state index contributed by atoms with van der Waals surface area (Å²) in [6.07, 6.45) is 0. The van der Waals surface area contributed by atoms with Crippen LogP contribution in [0.15, 0.2) is 42.5 Å². The summed E-state index contributed by atoms with van der Waals surface area (Å²) in [5.74, 6) is -0.225. The topological polar surface area (TPSA) is 81.5 Å². The highest BCUT2D eigenvalue weighted by Crippen LogP contribution is 2.32.